The van der Waals surface area contributed by atoms with Crippen molar-refractivity contribution in [3.63, 3.8) is 0 Å². The number of anilines is 1. The average Bonchev–Trinajstić information content (AvgIpc) is 2.84. The zero-order chi connectivity index (χ0) is 14.8. The summed E-state index contributed by atoms with van der Waals surface area (Å²) in [5.41, 5.74) is 6.13. The van der Waals surface area contributed by atoms with E-state index < -0.39 is 15.2 Å². The zero-order valence-corrected chi connectivity index (χ0v) is 13.6. The second-order valence-electron chi connectivity index (χ2n) is 4.42. The molecule has 6 nitrogen and oxygen atoms in total. The third kappa shape index (κ3) is 3.44. The van der Waals surface area contributed by atoms with E-state index in [1.165, 1.54) is 16.2 Å². The number of rotatable bonds is 4. The van der Waals surface area contributed by atoms with Crippen molar-refractivity contribution in [1.82, 2.24) is 9.88 Å². The van der Waals surface area contributed by atoms with Crippen molar-refractivity contribution in [2.75, 3.05) is 29.5 Å². The Kier molecular flexibility index (Phi) is 4.92. The lowest BCUT2D eigenvalue weighted by Gasteiger charge is -2.34. The van der Waals surface area contributed by atoms with Gasteiger partial charge in [0.2, 0.25) is 5.91 Å². The molecule has 1 aromatic rings. The van der Waals surface area contributed by atoms with Crippen LogP contribution in [0.4, 0.5) is 5.13 Å². The largest absolute Gasteiger partial charge is 0.375 e. The van der Waals surface area contributed by atoms with Crippen LogP contribution in [-0.4, -0.2) is 53.4 Å². The molecule has 1 saturated heterocycles. The Labute approximate surface area is 126 Å². The number of hydrogen-bond acceptors (Lipinski definition) is 7. The molecule has 2 rings (SSSR count). The number of aromatic nitrogens is 1. The molecule has 0 saturated carbocycles. The molecule has 1 amide bonds. The fraction of sp³-hybridized carbons (Fsp3) is 0.636. The monoisotopic (exact) mass is 335 g/mol. The normalized spacial score (nSPS) is 20.1. The summed E-state index contributed by atoms with van der Waals surface area (Å²) in [5.74, 6) is 1.06. The van der Waals surface area contributed by atoms with Gasteiger partial charge in [0.25, 0.3) is 0 Å². The maximum atomic E-state index is 12.3. The van der Waals surface area contributed by atoms with Gasteiger partial charge in [0, 0.05) is 29.2 Å². The standard InChI is InChI=1S/C11H17N3O3S3/c1-2-20(16,17)10-7-18-4-3-14(10)9(15)5-8-6-19-11(12)13-8/h6,10H,2-5,7H2,1H3,(H2,12,13). The van der Waals surface area contributed by atoms with Crippen LogP contribution in [0.2, 0.25) is 0 Å². The number of thiazole rings is 1. The van der Waals surface area contributed by atoms with Gasteiger partial charge in [-0.25, -0.2) is 13.4 Å². The first kappa shape index (κ1) is 15.6. The molecule has 2 heterocycles. The molecular weight excluding hydrogens is 318 g/mol. The Hall–Kier alpha value is -0.800. The topological polar surface area (TPSA) is 93.4 Å². The molecule has 2 N–H and O–H groups in total. The van der Waals surface area contributed by atoms with Crippen molar-refractivity contribution < 1.29 is 13.2 Å². The number of nitrogen functional groups attached to an aromatic ring is 1. The number of amides is 1. The minimum Gasteiger partial charge on any atom is -0.375 e. The van der Waals surface area contributed by atoms with E-state index in [0.29, 0.717) is 23.1 Å². The smallest absolute Gasteiger partial charge is 0.229 e. The Morgan fingerprint density at radius 1 is 1.60 bits per heavy atom. The minimum absolute atomic E-state index is 0.0473. The second-order valence-corrected chi connectivity index (χ2v) is 8.91. The molecule has 0 aromatic carbocycles. The zero-order valence-electron chi connectivity index (χ0n) is 11.1. The molecule has 1 aromatic heterocycles. The van der Waals surface area contributed by atoms with Crippen LogP contribution in [0.3, 0.4) is 0 Å². The molecule has 0 aliphatic carbocycles. The number of nitrogens with zero attached hydrogens (tertiary/aromatic N) is 2. The van der Waals surface area contributed by atoms with E-state index in [9.17, 15) is 13.2 Å². The number of nitrogens with two attached hydrogens (primary N) is 1. The van der Waals surface area contributed by atoms with Crippen molar-refractivity contribution in [3.8, 4) is 0 Å². The second kappa shape index (κ2) is 6.31. The van der Waals surface area contributed by atoms with Gasteiger partial charge < -0.3 is 10.6 Å². The average molecular weight is 335 g/mol. The van der Waals surface area contributed by atoms with Crippen LogP contribution in [0.15, 0.2) is 5.38 Å². The molecule has 112 valence electrons. The van der Waals surface area contributed by atoms with E-state index in [1.807, 2.05) is 0 Å². The van der Waals surface area contributed by atoms with E-state index in [2.05, 4.69) is 4.98 Å². The van der Waals surface area contributed by atoms with E-state index in [1.54, 1.807) is 24.1 Å². The van der Waals surface area contributed by atoms with Gasteiger partial charge in [-0.3, -0.25) is 4.79 Å². The van der Waals surface area contributed by atoms with Crippen LogP contribution in [-0.2, 0) is 21.1 Å². The van der Waals surface area contributed by atoms with Gasteiger partial charge in [0.1, 0.15) is 5.37 Å². The maximum absolute atomic E-state index is 12.3. The SMILES string of the molecule is CCS(=O)(=O)C1CSCCN1C(=O)Cc1csc(N)n1. The molecule has 1 aliphatic rings. The highest BCUT2D eigenvalue weighted by molar-refractivity contribution is 8.01. The number of hydrogen-bond donors (Lipinski definition) is 1. The highest BCUT2D eigenvalue weighted by atomic mass is 32.2. The molecule has 9 heteroatoms. The first-order valence-corrected chi connectivity index (χ1v) is 9.97. The van der Waals surface area contributed by atoms with E-state index in [0.717, 1.165) is 5.75 Å². The fourth-order valence-corrected chi connectivity index (χ4v) is 5.57. The predicted octanol–water partition coefficient (Wildman–Crippen LogP) is 0.604. The van der Waals surface area contributed by atoms with E-state index in [-0.39, 0.29) is 18.1 Å². The third-order valence-corrected chi connectivity index (χ3v) is 7.14. The van der Waals surface area contributed by atoms with Crippen LogP contribution >= 0.6 is 23.1 Å². The number of thioether (sulfide) groups is 1. The van der Waals surface area contributed by atoms with Gasteiger partial charge in [-0.15, -0.1) is 11.3 Å². The molecule has 0 radical (unpaired) electrons. The van der Waals surface area contributed by atoms with Crippen LogP contribution in [0.25, 0.3) is 0 Å². The lowest BCUT2D eigenvalue weighted by atomic mass is 10.3. The predicted molar refractivity (Wildman–Crippen MR) is 82.5 cm³/mol. The highest BCUT2D eigenvalue weighted by Crippen LogP contribution is 2.22. The number of sulfone groups is 1. The summed E-state index contributed by atoms with van der Waals surface area (Å²) in [6.45, 7) is 2.07. The summed E-state index contributed by atoms with van der Waals surface area (Å²) in [5, 5.41) is 1.43. The van der Waals surface area contributed by atoms with Gasteiger partial charge in [-0.05, 0) is 0 Å². The number of carbonyl (C=O) groups excluding carboxylic acids is 1. The van der Waals surface area contributed by atoms with Crippen molar-refractivity contribution in [2.24, 2.45) is 0 Å². The summed E-state index contributed by atoms with van der Waals surface area (Å²) >= 11 is 2.85. The molecule has 0 spiro atoms. The van der Waals surface area contributed by atoms with Crippen LogP contribution in [0, 0.1) is 0 Å². The summed E-state index contributed by atoms with van der Waals surface area (Å²) in [6.07, 6.45) is 0.105. The lowest BCUT2D eigenvalue weighted by molar-refractivity contribution is -0.130. The Bertz CT molecular complexity index is 585. The Morgan fingerprint density at radius 2 is 2.35 bits per heavy atom. The molecule has 1 aliphatic heterocycles. The third-order valence-electron chi connectivity index (χ3n) is 3.12. The lowest BCUT2D eigenvalue weighted by Crippen LogP contribution is -2.51. The van der Waals surface area contributed by atoms with Crippen molar-refractivity contribution in [1.29, 1.82) is 0 Å². The van der Waals surface area contributed by atoms with Gasteiger partial charge in [-0.2, -0.15) is 11.8 Å². The van der Waals surface area contributed by atoms with Gasteiger partial charge in [-0.1, -0.05) is 6.92 Å². The van der Waals surface area contributed by atoms with Crippen LogP contribution < -0.4 is 5.73 Å². The molecular formula is C11H17N3O3S3. The number of carbonyl (C=O) groups is 1. The fourth-order valence-electron chi connectivity index (χ4n) is 2.02. The van der Waals surface area contributed by atoms with Crippen molar-refractivity contribution in [2.45, 2.75) is 18.7 Å². The first-order chi connectivity index (χ1) is 9.44. The Balaban J connectivity index is 2.13. The van der Waals surface area contributed by atoms with E-state index >= 15 is 0 Å². The van der Waals surface area contributed by atoms with Crippen molar-refractivity contribution in [3.05, 3.63) is 11.1 Å². The van der Waals surface area contributed by atoms with Crippen LogP contribution in [0.1, 0.15) is 12.6 Å². The molecule has 1 fully saturated rings. The summed E-state index contributed by atoms with van der Waals surface area (Å²) in [4.78, 5) is 17.8. The molecule has 1 unspecified atom stereocenters. The van der Waals surface area contributed by atoms with E-state index in [4.69, 9.17) is 5.73 Å². The molecule has 20 heavy (non-hydrogen) atoms. The summed E-state index contributed by atoms with van der Waals surface area (Å²) < 4.78 is 24.2. The minimum atomic E-state index is -3.26. The highest BCUT2D eigenvalue weighted by Gasteiger charge is 2.35. The Morgan fingerprint density at radius 3 is 2.95 bits per heavy atom. The van der Waals surface area contributed by atoms with Gasteiger partial charge in [0.05, 0.1) is 12.1 Å². The summed E-state index contributed by atoms with van der Waals surface area (Å²) in [7, 11) is -3.26. The van der Waals surface area contributed by atoms with Crippen LogP contribution in [0.5, 0.6) is 0 Å². The first-order valence-electron chi connectivity index (χ1n) is 6.22. The maximum Gasteiger partial charge on any atom is 0.229 e. The molecule has 0 bridgehead atoms. The van der Waals surface area contributed by atoms with Crippen molar-refractivity contribution >= 4 is 44.0 Å². The quantitative estimate of drug-likeness (QED) is 0.866. The van der Waals surface area contributed by atoms with Gasteiger partial charge in [0.15, 0.2) is 15.0 Å². The summed E-state index contributed by atoms with van der Waals surface area (Å²) in [6, 6.07) is 0. The molecule has 1 atom stereocenters. The van der Waals surface area contributed by atoms with Gasteiger partial charge >= 0.3 is 0 Å².